The Bertz CT molecular complexity index is 3230. The van der Waals surface area contributed by atoms with Gasteiger partial charge in [-0.05, 0) is 99.7 Å². The first-order valence-corrected chi connectivity index (χ1v) is 21.5. The SMILES string of the molecule is CC1(C)c2cc(-c3c4ccccc4c(-c4ccccc4)c4c5ccccc5c5ccccc5c34)ccc2-c2ccc(P(=O)(c3ccccc3)c3ccccc3)cc21. The molecule has 1 nitrogen and oxygen atoms in total. The van der Waals surface area contributed by atoms with E-state index in [9.17, 15) is 0 Å². The van der Waals surface area contributed by atoms with Crippen LogP contribution < -0.4 is 15.9 Å². The van der Waals surface area contributed by atoms with Crippen LogP contribution in [-0.4, -0.2) is 0 Å². The summed E-state index contributed by atoms with van der Waals surface area (Å²) in [6.07, 6.45) is 0. The Morgan fingerprint density at radius 2 is 0.754 bits per heavy atom. The van der Waals surface area contributed by atoms with Gasteiger partial charge in [0.25, 0.3) is 0 Å². The monoisotopic (exact) mass is 746 g/mol. The van der Waals surface area contributed by atoms with Crippen molar-refractivity contribution in [1.82, 2.24) is 0 Å². The second-order valence-electron chi connectivity index (χ2n) is 15.9. The lowest BCUT2D eigenvalue weighted by atomic mass is 9.79. The third-order valence-electron chi connectivity index (χ3n) is 12.5. The van der Waals surface area contributed by atoms with Crippen LogP contribution in [0.1, 0.15) is 25.0 Å². The summed E-state index contributed by atoms with van der Waals surface area (Å²) in [4.78, 5) is 0. The fourth-order valence-electron chi connectivity index (χ4n) is 9.85. The molecule has 0 heterocycles. The van der Waals surface area contributed by atoms with Gasteiger partial charge in [0, 0.05) is 21.3 Å². The Morgan fingerprint density at radius 3 is 1.28 bits per heavy atom. The van der Waals surface area contributed by atoms with Gasteiger partial charge >= 0.3 is 0 Å². The smallest absolute Gasteiger partial charge is 0.171 e. The zero-order valence-corrected chi connectivity index (χ0v) is 32.8. The van der Waals surface area contributed by atoms with Crippen LogP contribution in [-0.2, 0) is 9.98 Å². The molecule has 270 valence electrons. The second-order valence-corrected chi connectivity index (χ2v) is 18.7. The van der Waals surface area contributed by atoms with Gasteiger partial charge in [-0.1, -0.05) is 202 Å². The maximum absolute atomic E-state index is 15.5. The summed E-state index contributed by atoms with van der Waals surface area (Å²) in [6.45, 7) is 4.66. The van der Waals surface area contributed by atoms with Crippen LogP contribution in [0.5, 0.6) is 0 Å². The van der Waals surface area contributed by atoms with Crippen LogP contribution in [0.15, 0.2) is 200 Å². The van der Waals surface area contributed by atoms with Crippen LogP contribution in [0, 0.1) is 0 Å². The van der Waals surface area contributed by atoms with Crippen molar-refractivity contribution in [3.05, 3.63) is 211 Å². The number of fused-ring (bicyclic) bond motifs is 10. The second kappa shape index (κ2) is 12.8. The molecule has 2 heteroatoms. The number of rotatable bonds is 5. The molecule has 0 bridgehead atoms. The van der Waals surface area contributed by atoms with E-state index >= 15 is 4.57 Å². The summed E-state index contributed by atoms with van der Waals surface area (Å²) < 4.78 is 15.5. The van der Waals surface area contributed by atoms with Crippen LogP contribution >= 0.6 is 7.14 Å². The molecule has 0 radical (unpaired) electrons. The van der Waals surface area contributed by atoms with Crippen molar-refractivity contribution in [2.24, 2.45) is 0 Å². The van der Waals surface area contributed by atoms with Crippen LogP contribution in [0.25, 0.3) is 76.5 Å². The topological polar surface area (TPSA) is 17.1 Å². The third-order valence-corrected chi connectivity index (χ3v) is 15.6. The molecule has 0 N–H and O–H groups in total. The summed E-state index contributed by atoms with van der Waals surface area (Å²) in [7, 11) is -3.15. The van der Waals surface area contributed by atoms with Gasteiger partial charge in [-0.2, -0.15) is 0 Å². The number of benzene rings is 10. The quantitative estimate of drug-likeness (QED) is 0.0974. The highest BCUT2D eigenvalue weighted by atomic mass is 31.2. The van der Waals surface area contributed by atoms with Crippen molar-refractivity contribution < 1.29 is 4.57 Å². The molecule has 0 unspecified atom stereocenters. The minimum Gasteiger partial charge on any atom is -0.309 e. The molecule has 0 saturated carbocycles. The van der Waals surface area contributed by atoms with E-state index in [2.05, 4.69) is 153 Å². The van der Waals surface area contributed by atoms with Gasteiger partial charge in [-0.15, -0.1) is 0 Å². The molecule has 57 heavy (non-hydrogen) atoms. The summed E-state index contributed by atoms with van der Waals surface area (Å²) >= 11 is 0. The predicted octanol–water partition coefficient (Wildman–Crippen LogP) is 13.6. The fraction of sp³-hybridized carbons (Fsp3) is 0.0545. The van der Waals surface area contributed by atoms with E-state index in [1.807, 2.05) is 60.7 Å². The zero-order chi connectivity index (χ0) is 38.3. The highest BCUT2D eigenvalue weighted by molar-refractivity contribution is 7.85. The molecule has 0 saturated heterocycles. The lowest BCUT2D eigenvalue weighted by Gasteiger charge is -2.25. The Kier molecular flexibility index (Phi) is 7.56. The van der Waals surface area contributed by atoms with E-state index < -0.39 is 7.14 Å². The maximum atomic E-state index is 15.5. The molecule has 0 atom stereocenters. The third kappa shape index (κ3) is 4.92. The van der Waals surface area contributed by atoms with Crippen LogP contribution in [0.2, 0.25) is 0 Å². The lowest BCUT2D eigenvalue weighted by Crippen LogP contribution is -2.26. The summed E-state index contributed by atoms with van der Waals surface area (Å²) in [5, 5.41) is 12.7. The van der Waals surface area contributed by atoms with Gasteiger partial charge in [0.15, 0.2) is 7.14 Å². The van der Waals surface area contributed by atoms with Gasteiger partial charge in [-0.25, -0.2) is 0 Å². The molecule has 0 aromatic heterocycles. The maximum Gasteiger partial charge on any atom is 0.171 e. The summed E-state index contributed by atoms with van der Waals surface area (Å²) in [5.74, 6) is 0. The first kappa shape index (κ1) is 33.8. The van der Waals surface area contributed by atoms with E-state index in [0.29, 0.717) is 0 Å². The predicted molar refractivity (Wildman–Crippen MR) is 244 cm³/mol. The van der Waals surface area contributed by atoms with Crippen molar-refractivity contribution >= 4 is 66.1 Å². The molecule has 0 aliphatic heterocycles. The van der Waals surface area contributed by atoms with Crippen molar-refractivity contribution in [1.29, 1.82) is 0 Å². The molecule has 10 aromatic carbocycles. The number of hydrogen-bond donors (Lipinski definition) is 0. The Balaban J connectivity index is 1.18. The largest absolute Gasteiger partial charge is 0.309 e. The number of hydrogen-bond acceptors (Lipinski definition) is 1. The van der Waals surface area contributed by atoms with E-state index in [1.165, 1.54) is 87.6 Å². The molecular weight excluding hydrogens is 708 g/mol. The summed E-state index contributed by atoms with van der Waals surface area (Å²) in [6, 6.07) is 71.4. The van der Waals surface area contributed by atoms with Gasteiger partial charge < -0.3 is 4.57 Å². The van der Waals surface area contributed by atoms with Crippen molar-refractivity contribution in [3.63, 3.8) is 0 Å². The van der Waals surface area contributed by atoms with Gasteiger partial charge in [0.2, 0.25) is 0 Å². The van der Waals surface area contributed by atoms with E-state index in [4.69, 9.17) is 0 Å². The molecule has 10 aromatic rings. The molecular formula is C55H39OP. The molecule has 1 aliphatic rings. The van der Waals surface area contributed by atoms with E-state index in [0.717, 1.165) is 15.9 Å². The Morgan fingerprint density at radius 1 is 0.351 bits per heavy atom. The van der Waals surface area contributed by atoms with Gasteiger partial charge in [0.05, 0.1) is 0 Å². The van der Waals surface area contributed by atoms with E-state index in [1.54, 1.807) is 0 Å². The molecule has 0 amide bonds. The first-order valence-electron chi connectivity index (χ1n) is 19.8. The minimum absolute atomic E-state index is 0.334. The van der Waals surface area contributed by atoms with Crippen molar-refractivity contribution in [2.45, 2.75) is 19.3 Å². The molecule has 11 rings (SSSR count). The Labute approximate surface area is 333 Å². The average Bonchev–Trinajstić information content (AvgIpc) is 3.50. The first-order chi connectivity index (χ1) is 27.9. The molecule has 1 aliphatic carbocycles. The lowest BCUT2D eigenvalue weighted by molar-refractivity contribution is 0.592. The van der Waals surface area contributed by atoms with Crippen LogP contribution in [0.3, 0.4) is 0 Å². The van der Waals surface area contributed by atoms with Gasteiger partial charge in [0.1, 0.15) is 0 Å². The van der Waals surface area contributed by atoms with Crippen LogP contribution in [0.4, 0.5) is 0 Å². The van der Waals surface area contributed by atoms with Crippen molar-refractivity contribution in [3.8, 4) is 33.4 Å². The average molecular weight is 747 g/mol. The standard InChI is InChI=1S/C55H39OP/c1-55(2)49-34-37(30-32-43(49)44-33-31-40(35-50(44)55)57(56,38-20-8-4-9-21-38)39-22-10-5-11-23-39)52-48-29-17-16-28-47(48)51(36-18-6-3-7-19-36)53-45-26-14-12-24-41(45)42-25-13-15-27-46(42)54(52)53/h3-35H,1-2H3. The zero-order valence-electron chi connectivity index (χ0n) is 31.9. The van der Waals surface area contributed by atoms with Crippen molar-refractivity contribution in [2.75, 3.05) is 0 Å². The normalized spacial score (nSPS) is 13.3. The minimum atomic E-state index is -3.15. The van der Waals surface area contributed by atoms with Gasteiger partial charge in [-0.3, -0.25) is 0 Å². The molecule has 0 fully saturated rings. The van der Waals surface area contributed by atoms with E-state index in [-0.39, 0.29) is 5.41 Å². The fourth-order valence-corrected chi connectivity index (χ4v) is 12.5. The highest BCUT2D eigenvalue weighted by Gasteiger charge is 2.39. The highest BCUT2D eigenvalue weighted by Crippen LogP contribution is 2.54. The Hall–Kier alpha value is -6.53. The molecule has 0 spiro atoms. The summed E-state index contributed by atoms with van der Waals surface area (Å²) in [5.41, 5.74) is 9.57.